The van der Waals surface area contributed by atoms with Gasteiger partial charge < -0.3 is 50.6 Å². The van der Waals surface area contributed by atoms with E-state index in [9.17, 15) is 29.1 Å². The molecule has 0 spiro atoms. The summed E-state index contributed by atoms with van der Waals surface area (Å²) < 4.78 is 22.0. The van der Waals surface area contributed by atoms with Gasteiger partial charge in [-0.05, 0) is 63.6 Å². The van der Waals surface area contributed by atoms with Crippen LogP contribution in [0, 0.1) is 5.92 Å². The Kier molecular flexibility index (Phi) is 24.9. The summed E-state index contributed by atoms with van der Waals surface area (Å²) in [4.78, 5) is 59.1. The van der Waals surface area contributed by atoms with Gasteiger partial charge in [0.15, 0.2) is 0 Å². The first-order chi connectivity index (χ1) is 23.1. The zero-order chi connectivity index (χ0) is 35.4. The van der Waals surface area contributed by atoms with Crippen molar-refractivity contribution in [1.29, 1.82) is 0 Å². The van der Waals surface area contributed by atoms with Gasteiger partial charge in [0, 0.05) is 38.9 Å². The van der Waals surface area contributed by atoms with Crippen molar-refractivity contribution in [3.63, 3.8) is 0 Å². The number of carboxylic acid groups (broad SMARTS) is 1. The number of carbonyl (C=O) groups excluding carboxylic acids is 4. The van der Waals surface area contributed by atoms with Crippen LogP contribution >= 0.6 is 0 Å². The van der Waals surface area contributed by atoms with Gasteiger partial charge in [-0.2, -0.15) is 0 Å². The van der Waals surface area contributed by atoms with Gasteiger partial charge in [-0.15, -0.1) is 0 Å². The van der Waals surface area contributed by atoms with Crippen LogP contribution in [-0.4, -0.2) is 127 Å². The van der Waals surface area contributed by atoms with E-state index in [1.807, 2.05) is 0 Å². The van der Waals surface area contributed by atoms with Gasteiger partial charge in [-0.1, -0.05) is 19.4 Å². The normalized spacial score (nSPS) is 13.0. The van der Waals surface area contributed by atoms with Crippen LogP contribution in [0.2, 0.25) is 0 Å². The Morgan fingerprint density at radius 1 is 0.667 bits per heavy atom. The van der Waals surface area contributed by atoms with Crippen LogP contribution in [-0.2, 0) is 42.9 Å². The summed E-state index contributed by atoms with van der Waals surface area (Å²) in [5.74, 6) is -1.83. The lowest BCUT2D eigenvalue weighted by molar-refractivity contribution is -0.142. The van der Waals surface area contributed by atoms with Crippen molar-refractivity contribution in [2.24, 2.45) is 5.92 Å². The Morgan fingerprint density at radius 3 is 1.79 bits per heavy atom. The van der Waals surface area contributed by atoms with Gasteiger partial charge in [-0.3, -0.25) is 19.2 Å². The molecule has 1 fully saturated rings. The average molecular weight is 686 g/mol. The third kappa shape index (κ3) is 22.5. The molecule has 0 aromatic heterocycles. The SMILES string of the molecule is CNCCCC(=O)NC(CCC(=O)NCCCC(=O)NCCOCCOCC(=O)NCCOCCOCC(=C1CCC1)C(C)C)C(=O)O. The van der Waals surface area contributed by atoms with E-state index in [0.717, 1.165) is 0 Å². The fourth-order valence-electron chi connectivity index (χ4n) is 4.59. The van der Waals surface area contributed by atoms with E-state index < -0.39 is 12.0 Å². The Labute approximate surface area is 285 Å². The maximum Gasteiger partial charge on any atom is 0.326 e. The molecule has 6 N–H and O–H groups in total. The van der Waals surface area contributed by atoms with Crippen molar-refractivity contribution in [2.45, 2.75) is 77.7 Å². The van der Waals surface area contributed by atoms with E-state index in [1.165, 1.54) is 24.8 Å². The molecule has 15 nitrogen and oxygen atoms in total. The third-order valence-corrected chi connectivity index (χ3v) is 7.51. The monoisotopic (exact) mass is 685 g/mol. The van der Waals surface area contributed by atoms with Crippen molar-refractivity contribution < 1.29 is 48.0 Å². The zero-order valence-electron chi connectivity index (χ0n) is 29.1. The Hall–Kier alpha value is -3.11. The van der Waals surface area contributed by atoms with Crippen molar-refractivity contribution in [3.8, 4) is 0 Å². The lowest BCUT2D eigenvalue weighted by Gasteiger charge is -2.24. The van der Waals surface area contributed by atoms with Gasteiger partial charge in [0.1, 0.15) is 12.6 Å². The predicted octanol–water partition coefficient (Wildman–Crippen LogP) is 0.667. The Bertz CT molecular complexity index is 986. The highest BCUT2D eigenvalue weighted by molar-refractivity contribution is 5.84. The first-order valence-electron chi connectivity index (χ1n) is 17.1. The van der Waals surface area contributed by atoms with Gasteiger partial charge in [0.05, 0.1) is 46.2 Å². The highest BCUT2D eigenvalue weighted by Gasteiger charge is 2.21. The van der Waals surface area contributed by atoms with Crippen molar-refractivity contribution in [2.75, 3.05) is 86.1 Å². The first-order valence-corrected chi connectivity index (χ1v) is 17.1. The van der Waals surface area contributed by atoms with Crippen LogP contribution in [0.1, 0.15) is 71.6 Å². The topological polar surface area (TPSA) is 203 Å². The van der Waals surface area contributed by atoms with E-state index in [2.05, 4.69) is 40.4 Å². The second kappa shape index (κ2) is 27.8. The molecule has 0 aliphatic heterocycles. The number of ether oxygens (including phenoxy) is 4. The third-order valence-electron chi connectivity index (χ3n) is 7.51. The summed E-state index contributed by atoms with van der Waals surface area (Å²) >= 11 is 0. The summed E-state index contributed by atoms with van der Waals surface area (Å²) in [6, 6.07) is -1.13. The lowest BCUT2D eigenvalue weighted by Crippen LogP contribution is -2.41. The number of allylic oxidation sites excluding steroid dienone is 1. The molecule has 1 unspecified atom stereocenters. The van der Waals surface area contributed by atoms with E-state index in [4.69, 9.17) is 18.9 Å². The van der Waals surface area contributed by atoms with Crippen LogP contribution in [0.25, 0.3) is 0 Å². The number of hydrogen-bond donors (Lipinski definition) is 6. The Balaban J connectivity index is 1.92. The van der Waals surface area contributed by atoms with Crippen molar-refractivity contribution in [1.82, 2.24) is 26.6 Å². The molecular formula is C33H59N5O10. The van der Waals surface area contributed by atoms with Crippen LogP contribution in [0.5, 0.6) is 0 Å². The number of carboxylic acids is 1. The second-order valence-corrected chi connectivity index (χ2v) is 11.8. The summed E-state index contributed by atoms with van der Waals surface area (Å²) in [6.45, 7) is 8.77. The number of nitrogens with one attached hydrogen (secondary N) is 5. The molecule has 1 aliphatic carbocycles. The van der Waals surface area contributed by atoms with Gasteiger partial charge >= 0.3 is 5.97 Å². The number of rotatable bonds is 30. The average Bonchev–Trinajstić information content (AvgIpc) is 3.02. The van der Waals surface area contributed by atoms with Gasteiger partial charge in [0.2, 0.25) is 23.6 Å². The second-order valence-electron chi connectivity index (χ2n) is 11.8. The van der Waals surface area contributed by atoms with Gasteiger partial charge in [0.25, 0.3) is 0 Å². The summed E-state index contributed by atoms with van der Waals surface area (Å²) in [7, 11) is 1.76. The number of amides is 4. The molecule has 15 heteroatoms. The molecule has 0 bridgehead atoms. The molecule has 1 saturated carbocycles. The molecule has 0 aromatic carbocycles. The predicted molar refractivity (Wildman–Crippen MR) is 179 cm³/mol. The minimum atomic E-state index is -1.19. The molecule has 1 aliphatic rings. The minimum Gasteiger partial charge on any atom is -0.480 e. The van der Waals surface area contributed by atoms with Crippen LogP contribution in [0.4, 0.5) is 0 Å². The highest BCUT2D eigenvalue weighted by Crippen LogP contribution is 2.31. The van der Waals surface area contributed by atoms with Crippen LogP contribution < -0.4 is 26.6 Å². The van der Waals surface area contributed by atoms with E-state index in [-0.39, 0.29) is 82.3 Å². The molecule has 1 rings (SSSR count). The number of carbonyl (C=O) groups is 5. The summed E-state index contributed by atoms with van der Waals surface area (Å²) in [6.07, 6.45) is 4.99. The van der Waals surface area contributed by atoms with E-state index in [1.54, 1.807) is 12.6 Å². The lowest BCUT2D eigenvalue weighted by atomic mass is 9.84. The largest absolute Gasteiger partial charge is 0.480 e. The molecule has 4 amide bonds. The van der Waals surface area contributed by atoms with E-state index in [0.29, 0.717) is 64.8 Å². The first kappa shape index (κ1) is 42.9. The Morgan fingerprint density at radius 2 is 1.21 bits per heavy atom. The van der Waals surface area contributed by atoms with Crippen LogP contribution in [0.15, 0.2) is 11.1 Å². The molecule has 276 valence electrons. The summed E-state index contributed by atoms with van der Waals surface area (Å²) in [5.41, 5.74) is 2.97. The number of hydrogen-bond acceptors (Lipinski definition) is 10. The molecule has 0 aromatic rings. The molecule has 0 saturated heterocycles. The number of aliphatic carboxylic acids is 1. The fourth-order valence-corrected chi connectivity index (χ4v) is 4.59. The molecule has 0 heterocycles. The fraction of sp³-hybridized carbons (Fsp3) is 0.788. The van der Waals surface area contributed by atoms with Gasteiger partial charge in [-0.25, -0.2) is 4.79 Å². The summed E-state index contributed by atoms with van der Waals surface area (Å²) in [5, 5.41) is 22.7. The quantitative estimate of drug-likeness (QED) is 0.0458. The smallest absolute Gasteiger partial charge is 0.326 e. The molecule has 1 atom stereocenters. The minimum absolute atomic E-state index is 0.0257. The van der Waals surface area contributed by atoms with Crippen LogP contribution in [0.3, 0.4) is 0 Å². The maximum absolute atomic E-state index is 12.0. The van der Waals surface area contributed by atoms with Crippen molar-refractivity contribution in [3.05, 3.63) is 11.1 Å². The zero-order valence-corrected chi connectivity index (χ0v) is 29.1. The molecule has 0 radical (unpaired) electrons. The molecular weight excluding hydrogens is 626 g/mol. The maximum atomic E-state index is 12.0. The highest BCUT2D eigenvalue weighted by atomic mass is 16.5. The van der Waals surface area contributed by atoms with E-state index >= 15 is 0 Å². The standard InChI is InChI=1S/C33H59N5O10/c1-25(2)27(26-7-4-8-26)23-47-21-19-46-18-16-37-32(42)24-48-22-20-45-17-15-36-29(39)9-6-14-35-30(40)12-11-28(33(43)44)38-31(41)10-5-13-34-3/h25,28,34H,4-24H2,1-3H3,(H,35,40)(H,36,39)(H,37,42)(H,38,41)(H,43,44). The molecule has 48 heavy (non-hydrogen) atoms. The van der Waals surface area contributed by atoms with Crippen molar-refractivity contribution >= 4 is 29.6 Å².